The molecule has 2 aliphatic heterocycles. The Kier molecular flexibility index (Phi) is 16.1. The molecular weight excluding hydrogens is 716 g/mol. The number of fused-ring (bicyclic) bond motifs is 3. The highest BCUT2D eigenvalue weighted by molar-refractivity contribution is 8.12. The molecular formula is C44H67ClN4O4S. The lowest BCUT2D eigenvalue weighted by atomic mass is 9.64. The highest BCUT2D eigenvalue weighted by Gasteiger charge is 2.47. The van der Waals surface area contributed by atoms with Gasteiger partial charge in [0.2, 0.25) is 0 Å². The topological polar surface area (TPSA) is 75.3 Å². The summed E-state index contributed by atoms with van der Waals surface area (Å²) in [4.78, 5) is 16.7. The van der Waals surface area contributed by atoms with Crippen LogP contribution in [-0.2, 0) is 21.3 Å². The second kappa shape index (κ2) is 20.3. The maximum Gasteiger partial charge on any atom is 0.150 e. The SMILES string of the molecule is C=S(NC)C(C)C(C)C/C=C/[C@](C)(OC)C1CCC1CN1C[C@@]2(CCCc3cc(Cl)ccc32)COc2ccc(C=O)cc21.CN1CCCOCCNCC1. The summed E-state index contributed by atoms with van der Waals surface area (Å²) < 4.78 is 21.5. The van der Waals surface area contributed by atoms with Crippen LogP contribution in [0.1, 0.15) is 80.8 Å². The van der Waals surface area contributed by atoms with E-state index in [-0.39, 0.29) is 21.7 Å². The molecule has 0 radical (unpaired) electrons. The molecule has 6 rings (SSSR count). The summed E-state index contributed by atoms with van der Waals surface area (Å²) in [5.41, 5.74) is 3.94. The molecule has 2 fully saturated rings. The van der Waals surface area contributed by atoms with E-state index in [1.165, 1.54) is 11.1 Å². The maximum atomic E-state index is 11.8. The Labute approximate surface area is 333 Å². The summed E-state index contributed by atoms with van der Waals surface area (Å²) in [7, 11) is 5.96. The molecule has 1 saturated heterocycles. The average Bonchev–Trinajstić information content (AvgIpc) is 3.31. The minimum atomic E-state index is -0.331. The molecule has 1 saturated carbocycles. The highest BCUT2D eigenvalue weighted by Crippen LogP contribution is 2.48. The number of likely N-dealkylation sites (N-methyl/N-ethyl adjacent to an activating group) is 1. The Balaban J connectivity index is 0.000000438. The predicted octanol–water partition coefficient (Wildman–Crippen LogP) is 7.79. The number of nitrogens with one attached hydrogen (secondary N) is 2. The van der Waals surface area contributed by atoms with Crippen molar-refractivity contribution in [1.82, 2.24) is 14.9 Å². The standard InChI is InChI=1S/C36H49ClN2O3S.C8H18N2O/c1-25(26(2)43(6)38-4)9-7-17-35(3,41-5)31-14-12-29(31)21-39-23-36(18-8-10-28-20-30(37)13-15-32(28)36)24-42-34-16-11-27(22-40)19-33(34)39;1-10-5-2-7-11-8-4-9-3-6-10/h7,11,13,15-17,19-20,22,25-26,29,31,38H,6,8-10,12,14,18,21,23-24H2,1-5H3;9H,2-8H2,1H3/b17-7+;/t25?,26?,29?,31?,35-,36-,43?;/m0./s1. The van der Waals surface area contributed by atoms with Crippen LogP contribution in [0, 0.1) is 17.8 Å². The number of ether oxygens (including phenoxy) is 3. The van der Waals surface area contributed by atoms with Gasteiger partial charge in [-0.25, -0.2) is 0 Å². The molecule has 2 N–H and O–H groups in total. The fourth-order valence-corrected chi connectivity index (χ4v) is 9.98. The van der Waals surface area contributed by atoms with Crippen molar-refractivity contribution in [2.24, 2.45) is 17.8 Å². The molecule has 0 bridgehead atoms. The molecule has 2 aromatic rings. The van der Waals surface area contributed by atoms with Crippen molar-refractivity contribution in [1.29, 1.82) is 0 Å². The molecule has 8 nitrogen and oxygen atoms in total. The zero-order chi connectivity index (χ0) is 38.7. The Morgan fingerprint density at radius 2 is 2.00 bits per heavy atom. The third-order valence-electron chi connectivity index (χ3n) is 12.6. The van der Waals surface area contributed by atoms with Crippen molar-refractivity contribution in [2.75, 3.05) is 85.2 Å². The molecule has 2 aliphatic carbocycles. The second-order valence-electron chi connectivity index (χ2n) is 16.3. The quantitative estimate of drug-likeness (QED) is 0.136. The molecule has 1 spiro atoms. The van der Waals surface area contributed by atoms with Crippen LogP contribution in [0.2, 0.25) is 5.02 Å². The largest absolute Gasteiger partial charge is 0.490 e. The van der Waals surface area contributed by atoms with Crippen molar-refractivity contribution in [3.05, 3.63) is 70.3 Å². The van der Waals surface area contributed by atoms with E-state index in [1.54, 1.807) is 0 Å². The number of benzene rings is 2. The summed E-state index contributed by atoms with van der Waals surface area (Å²) in [6.45, 7) is 15.4. The Bertz CT molecular complexity index is 1560. The van der Waals surface area contributed by atoms with E-state index in [0.29, 0.717) is 35.2 Å². The molecule has 300 valence electrons. The Morgan fingerprint density at radius 3 is 2.74 bits per heavy atom. The van der Waals surface area contributed by atoms with Crippen molar-refractivity contribution in [3.8, 4) is 5.75 Å². The lowest BCUT2D eigenvalue weighted by Gasteiger charge is -2.49. The van der Waals surface area contributed by atoms with Gasteiger partial charge in [0.1, 0.15) is 12.0 Å². The number of anilines is 1. The molecule has 54 heavy (non-hydrogen) atoms. The van der Waals surface area contributed by atoms with Gasteiger partial charge in [0.15, 0.2) is 0 Å². The minimum absolute atomic E-state index is 0.0389. The molecule has 2 heterocycles. The van der Waals surface area contributed by atoms with Gasteiger partial charge in [-0.15, -0.1) is 10.7 Å². The van der Waals surface area contributed by atoms with Crippen molar-refractivity contribution >= 4 is 40.1 Å². The fourth-order valence-electron chi connectivity index (χ4n) is 8.74. The second-order valence-corrected chi connectivity index (χ2v) is 18.7. The zero-order valence-corrected chi connectivity index (χ0v) is 35.4. The first kappa shape index (κ1) is 42.9. The fraction of sp³-hybridized carbons (Fsp3) is 0.636. The first-order valence-electron chi connectivity index (χ1n) is 20.2. The monoisotopic (exact) mass is 782 g/mol. The number of carbonyl (C=O) groups is 1. The number of methoxy groups -OCH3 is 1. The zero-order valence-electron chi connectivity index (χ0n) is 33.8. The van der Waals surface area contributed by atoms with E-state index in [2.05, 4.69) is 77.8 Å². The van der Waals surface area contributed by atoms with Gasteiger partial charge in [0, 0.05) is 74.2 Å². The van der Waals surface area contributed by atoms with Crippen LogP contribution in [0.15, 0.2) is 48.6 Å². The average molecular weight is 784 g/mol. The summed E-state index contributed by atoms with van der Waals surface area (Å²) in [5.74, 6) is 6.56. The van der Waals surface area contributed by atoms with Gasteiger partial charge in [0.05, 0.1) is 24.5 Å². The number of aryl methyl sites for hydroxylation is 1. The van der Waals surface area contributed by atoms with Gasteiger partial charge in [0.25, 0.3) is 0 Å². The first-order valence-corrected chi connectivity index (χ1v) is 22.0. The molecule has 7 atom stereocenters. The van der Waals surface area contributed by atoms with E-state index in [1.807, 2.05) is 38.4 Å². The number of halogens is 1. The first-order chi connectivity index (χ1) is 26.0. The van der Waals surface area contributed by atoms with Gasteiger partial charge < -0.3 is 29.3 Å². The van der Waals surface area contributed by atoms with Crippen LogP contribution in [-0.4, -0.2) is 108 Å². The highest BCUT2D eigenvalue weighted by atomic mass is 35.5. The van der Waals surface area contributed by atoms with Crippen LogP contribution >= 0.6 is 22.3 Å². The number of hydrogen-bond acceptors (Lipinski definition) is 8. The smallest absolute Gasteiger partial charge is 0.150 e. The van der Waals surface area contributed by atoms with Crippen LogP contribution in [0.5, 0.6) is 5.75 Å². The minimum Gasteiger partial charge on any atom is -0.490 e. The van der Waals surface area contributed by atoms with Crippen LogP contribution in [0.4, 0.5) is 5.69 Å². The molecule has 5 unspecified atom stereocenters. The van der Waals surface area contributed by atoms with Crippen molar-refractivity contribution < 1.29 is 19.0 Å². The van der Waals surface area contributed by atoms with Gasteiger partial charge >= 0.3 is 0 Å². The third kappa shape index (κ3) is 10.8. The Hall–Kier alpha value is -2.24. The number of aldehydes is 1. The maximum absolute atomic E-state index is 11.8. The van der Waals surface area contributed by atoms with E-state index in [0.717, 1.165) is 120 Å². The number of carbonyl (C=O) groups excluding carboxylic acids is 1. The van der Waals surface area contributed by atoms with Gasteiger partial charge in [-0.1, -0.05) is 49.5 Å². The molecule has 0 amide bonds. The molecule has 2 aromatic carbocycles. The summed E-state index contributed by atoms with van der Waals surface area (Å²) >= 11 is 6.43. The lowest BCUT2D eigenvalue weighted by molar-refractivity contribution is -0.0622. The van der Waals surface area contributed by atoms with Crippen molar-refractivity contribution in [2.45, 2.75) is 82.0 Å². The number of hydrogen-bond donors (Lipinski definition) is 2. The molecule has 10 heteroatoms. The summed E-state index contributed by atoms with van der Waals surface area (Å²) in [5, 5.41) is 4.62. The van der Waals surface area contributed by atoms with Gasteiger partial charge in [-0.2, -0.15) is 0 Å². The summed E-state index contributed by atoms with van der Waals surface area (Å²) in [6, 6.07) is 12.2. The number of nitrogens with zero attached hydrogens (tertiary/aromatic N) is 2. The third-order valence-corrected chi connectivity index (χ3v) is 14.8. The van der Waals surface area contributed by atoms with E-state index in [9.17, 15) is 4.79 Å². The number of allylic oxidation sites excluding steroid dienone is 1. The van der Waals surface area contributed by atoms with Gasteiger partial charge in [-0.3, -0.25) is 9.52 Å². The van der Waals surface area contributed by atoms with Crippen molar-refractivity contribution in [3.63, 3.8) is 0 Å². The Morgan fingerprint density at radius 1 is 1.17 bits per heavy atom. The van der Waals surface area contributed by atoms with Crippen LogP contribution < -0.4 is 19.7 Å². The van der Waals surface area contributed by atoms with E-state index in [4.69, 9.17) is 25.8 Å². The lowest BCUT2D eigenvalue weighted by Crippen LogP contribution is -2.52. The van der Waals surface area contributed by atoms with Crippen LogP contribution in [0.3, 0.4) is 0 Å². The molecule has 4 aliphatic rings. The molecule has 0 aromatic heterocycles. The number of rotatable bonds is 11. The van der Waals surface area contributed by atoms with E-state index >= 15 is 0 Å². The van der Waals surface area contributed by atoms with Gasteiger partial charge in [-0.05, 0) is 125 Å². The predicted molar refractivity (Wildman–Crippen MR) is 229 cm³/mol. The summed E-state index contributed by atoms with van der Waals surface area (Å²) in [6.07, 6.45) is 13.3. The van der Waals surface area contributed by atoms with Crippen LogP contribution in [0.25, 0.3) is 0 Å². The van der Waals surface area contributed by atoms with E-state index < -0.39 is 0 Å². The normalized spacial score (nSPS) is 26.4.